The molecular formula is C21H24N4O5. The Bertz CT molecular complexity index is 1060. The smallest absolute Gasteiger partial charge is 0.338 e. The van der Waals surface area contributed by atoms with Crippen LogP contribution in [0.3, 0.4) is 0 Å². The normalized spacial score (nSPS) is 11.7. The SMILES string of the molecule is CCn1nnc2cc(C(=O)O[C@H](C)C(=O)NCc3ccc(OC)c(OC)c3)ccc21. The van der Waals surface area contributed by atoms with Gasteiger partial charge in [-0.25, -0.2) is 9.48 Å². The highest BCUT2D eigenvalue weighted by Crippen LogP contribution is 2.27. The van der Waals surface area contributed by atoms with E-state index in [1.54, 1.807) is 49.2 Å². The molecule has 1 heterocycles. The van der Waals surface area contributed by atoms with E-state index < -0.39 is 18.0 Å². The highest BCUT2D eigenvalue weighted by molar-refractivity contribution is 5.95. The Hall–Kier alpha value is -3.62. The fourth-order valence-electron chi connectivity index (χ4n) is 2.94. The fraction of sp³-hybridized carbons (Fsp3) is 0.333. The number of ether oxygens (including phenoxy) is 3. The number of fused-ring (bicyclic) bond motifs is 1. The topological polar surface area (TPSA) is 105 Å². The first-order chi connectivity index (χ1) is 14.5. The number of benzene rings is 2. The van der Waals surface area contributed by atoms with Gasteiger partial charge in [0.1, 0.15) is 5.52 Å². The van der Waals surface area contributed by atoms with Crippen molar-refractivity contribution in [1.29, 1.82) is 0 Å². The van der Waals surface area contributed by atoms with Crippen LogP contribution in [0.15, 0.2) is 36.4 Å². The van der Waals surface area contributed by atoms with E-state index in [4.69, 9.17) is 14.2 Å². The number of hydrogen-bond donors (Lipinski definition) is 1. The molecule has 0 radical (unpaired) electrons. The van der Waals surface area contributed by atoms with Crippen LogP contribution in [0.5, 0.6) is 11.5 Å². The molecule has 2 aromatic carbocycles. The summed E-state index contributed by atoms with van der Waals surface area (Å²) in [6, 6.07) is 10.3. The highest BCUT2D eigenvalue weighted by Gasteiger charge is 2.20. The van der Waals surface area contributed by atoms with Gasteiger partial charge in [-0.1, -0.05) is 11.3 Å². The van der Waals surface area contributed by atoms with Gasteiger partial charge in [-0.2, -0.15) is 0 Å². The quantitative estimate of drug-likeness (QED) is 0.566. The molecule has 0 aliphatic rings. The molecule has 0 saturated heterocycles. The van der Waals surface area contributed by atoms with Crippen molar-refractivity contribution in [2.45, 2.75) is 33.0 Å². The number of hydrogen-bond acceptors (Lipinski definition) is 7. The number of esters is 1. The zero-order valence-corrected chi connectivity index (χ0v) is 17.3. The van der Waals surface area contributed by atoms with E-state index >= 15 is 0 Å². The Labute approximate surface area is 173 Å². The highest BCUT2D eigenvalue weighted by atomic mass is 16.5. The van der Waals surface area contributed by atoms with Gasteiger partial charge in [-0.3, -0.25) is 4.79 Å². The van der Waals surface area contributed by atoms with Crippen LogP contribution in [0.4, 0.5) is 0 Å². The molecule has 9 nitrogen and oxygen atoms in total. The molecule has 0 saturated carbocycles. The van der Waals surface area contributed by atoms with Crippen molar-refractivity contribution < 1.29 is 23.8 Å². The largest absolute Gasteiger partial charge is 0.493 e. The summed E-state index contributed by atoms with van der Waals surface area (Å²) in [5, 5.41) is 10.8. The average Bonchev–Trinajstić information content (AvgIpc) is 3.19. The lowest BCUT2D eigenvalue weighted by molar-refractivity contribution is -0.129. The van der Waals surface area contributed by atoms with Gasteiger partial charge in [0.2, 0.25) is 0 Å². The number of methoxy groups -OCH3 is 2. The lowest BCUT2D eigenvalue weighted by atomic mass is 10.2. The van der Waals surface area contributed by atoms with Gasteiger partial charge < -0.3 is 19.5 Å². The molecule has 0 unspecified atom stereocenters. The van der Waals surface area contributed by atoms with Crippen LogP contribution in [-0.2, 0) is 22.6 Å². The van der Waals surface area contributed by atoms with Crippen LogP contribution in [0, 0.1) is 0 Å². The second-order valence-electron chi connectivity index (χ2n) is 6.56. The van der Waals surface area contributed by atoms with Crippen molar-refractivity contribution in [2.24, 2.45) is 0 Å². The van der Waals surface area contributed by atoms with E-state index in [1.165, 1.54) is 6.92 Å². The van der Waals surface area contributed by atoms with Crippen LogP contribution in [0.2, 0.25) is 0 Å². The van der Waals surface area contributed by atoms with Crippen molar-refractivity contribution in [3.05, 3.63) is 47.5 Å². The van der Waals surface area contributed by atoms with Gasteiger partial charge in [0.15, 0.2) is 17.6 Å². The molecule has 0 aliphatic carbocycles. The van der Waals surface area contributed by atoms with Crippen LogP contribution in [0.25, 0.3) is 11.0 Å². The molecule has 1 amide bonds. The van der Waals surface area contributed by atoms with Crippen LogP contribution < -0.4 is 14.8 Å². The maximum Gasteiger partial charge on any atom is 0.338 e. The number of aromatic nitrogens is 3. The van der Waals surface area contributed by atoms with Gasteiger partial charge in [0.05, 0.1) is 25.3 Å². The summed E-state index contributed by atoms with van der Waals surface area (Å²) in [7, 11) is 3.10. The van der Waals surface area contributed by atoms with Gasteiger partial charge in [0, 0.05) is 13.1 Å². The summed E-state index contributed by atoms with van der Waals surface area (Å²) in [5.74, 6) is 0.165. The Balaban J connectivity index is 1.59. The number of rotatable bonds is 8. The van der Waals surface area contributed by atoms with Crippen LogP contribution >= 0.6 is 0 Å². The lowest BCUT2D eigenvalue weighted by Gasteiger charge is -2.14. The average molecular weight is 412 g/mol. The molecule has 1 aromatic heterocycles. The van der Waals surface area contributed by atoms with E-state index in [0.29, 0.717) is 29.1 Å². The van der Waals surface area contributed by atoms with Crippen molar-refractivity contribution in [2.75, 3.05) is 14.2 Å². The van der Waals surface area contributed by atoms with Gasteiger partial charge in [-0.15, -0.1) is 5.10 Å². The number of amides is 1. The lowest BCUT2D eigenvalue weighted by Crippen LogP contribution is -2.35. The third kappa shape index (κ3) is 4.51. The summed E-state index contributed by atoms with van der Waals surface area (Å²) in [5.41, 5.74) is 2.56. The maximum absolute atomic E-state index is 12.4. The van der Waals surface area contributed by atoms with E-state index in [1.807, 2.05) is 13.0 Å². The summed E-state index contributed by atoms with van der Waals surface area (Å²) >= 11 is 0. The van der Waals surface area contributed by atoms with Crippen molar-refractivity contribution in [3.8, 4) is 11.5 Å². The predicted molar refractivity (Wildman–Crippen MR) is 109 cm³/mol. The molecule has 3 rings (SSSR count). The van der Waals surface area contributed by atoms with Gasteiger partial charge in [-0.05, 0) is 49.7 Å². The third-order valence-corrected chi connectivity index (χ3v) is 4.62. The number of nitrogens with one attached hydrogen (secondary N) is 1. The Morgan fingerprint density at radius 1 is 1.10 bits per heavy atom. The van der Waals surface area contributed by atoms with Crippen LogP contribution in [0.1, 0.15) is 29.8 Å². The van der Waals surface area contributed by atoms with E-state index in [2.05, 4.69) is 15.6 Å². The predicted octanol–water partition coefficient (Wildman–Crippen LogP) is 2.33. The van der Waals surface area contributed by atoms with E-state index in [0.717, 1.165) is 11.1 Å². The molecule has 0 spiro atoms. The fourth-order valence-corrected chi connectivity index (χ4v) is 2.94. The number of nitrogens with zero attached hydrogens (tertiary/aromatic N) is 3. The minimum absolute atomic E-state index is 0.257. The number of carbonyl (C=O) groups is 2. The first-order valence-corrected chi connectivity index (χ1v) is 9.49. The first-order valence-electron chi connectivity index (χ1n) is 9.49. The molecule has 0 fully saturated rings. The van der Waals surface area contributed by atoms with Crippen molar-refractivity contribution in [1.82, 2.24) is 20.3 Å². The van der Waals surface area contributed by atoms with Gasteiger partial charge in [0.25, 0.3) is 5.91 Å². The standard InChI is InChI=1S/C21H24N4O5/c1-5-25-17-8-7-15(11-16(17)23-24-25)21(27)30-13(2)20(26)22-12-14-6-9-18(28-3)19(10-14)29-4/h6-11,13H,5,12H2,1-4H3,(H,22,26)/t13-/m1/s1. The molecule has 1 atom stereocenters. The first kappa shape index (κ1) is 21.1. The Kier molecular flexibility index (Phi) is 6.51. The van der Waals surface area contributed by atoms with Crippen molar-refractivity contribution >= 4 is 22.9 Å². The molecule has 1 N–H and O–H groups in total. The second kappa shape index (κ2) is 9.25. The monoisotopic (exact) mass is 412 g/mol. The molecule has 9 heteroatoms. The Morgan fingerprint density at radius 2 is 1.87 bits per heavy atom. The molecule has 0 aliphatic heterocycles. The van der Waals surface area contributed by atoms with E-state index in [9.17, 15) is 9.59 Å². The molecule has 0 bridgehead atoms. The summed E-state index contributed by atoms with van der Waals surface area (Å²) < 4.78 is 17.5. The van der Waals surface area contributed by atoms with Crippen LogP contribution in [-0.4, -0.2) is 47.2 Å². The maximum atomic E-state index is 12.4. The summed E-state index contributed by atoms with van der Waals surface area (Å²) in [6.45, 7) is 4.41. The zero-order chi connectivity index (χ0) is 21.7. The molecule has 158 valence electrons. The minimum Gasteiger partial charge on any atom is -0.493 e. The van der Waals surface area contributed by atoms with E-state index in [-0.39, 0.29) is 6.54 Å². The molecular weight excluding hydrogens is 388 g/mol. The van der Waals surface area contributed by atoms with Crippen molar-refractivity contribution in [3.63, 3.8) is 0 Å². The minimum atomic E-state index is -0.959. The summed E-state index contributed by atoms with van der Waals surface area (Å²) in [6.07, 6.45) is -0.959. The zero-order valence-electron chi connectivity index (χ0n) is 17.3. The number of carbonyl (C=O) groups excluding carboxylic acids is 2. The second-order valence-corrected chi connectivity index (χ2v) is 6.56. The molecule has 30 heavy (non-hydrogen) atoms. The summed E-state index contributed by atoms with van der Waals surface area (Å²) in [4.78, 5) is 24.8. The Morgan fingerprint density at radius 3 is 2.57 bits per heavy atom. The van der Waals surface area contributed by atoms with Gasteiger partial charge >= 0.3 is 5.97 Å². The third-order valence-electron chi connectivity index (χ3n) is 4.62. The molecule has 3 aromatic rings. The number of aryl methyl sites for hydroxylation is 1.